The Morgan fingerprint density at radius 1 is 0.853 bits per heavy atom. The zero-order valence-corrected chi connectivity index (χ0v) is 21.8. The highest BCUT2D eigenvalue weighted by atomic mass is 32.2. The Hall–Kier alpha value is -1.87. The van der Waals surface area contributed by atoms with Gasteiger partial charge in [0.2, 0.25) is 15.9 Å². The van der Waals surface area contributed by atoms with Crippen molar-refractivity contribution in [1.82, 2.24) is 19.1 Å². The normalized spacial score (nSPS) is 21.6. The summed E-state index contributed by atoms with van der Waals surface area (Å²) in [6.45, 7) is 5.45. The van der Waals surface area contributed by atoms with Crippen LogP contribution in [0, 0.1) is 19.8 Å². The first-order valence-electron chi connectivity index (χ1n) is 13.0. The molecule has 3 fully saturated rings. The number of hydrogen-bond acceptors (Lipinski definition) is 4. The summed E-state index contributed by atoms with van der Waals surface area (Å²) >= 11 is 0. The summed E-state index contributed by atoms with van der Waals surface area (Å²) in [6.07, 6.45) is 9.77. The molecule has 1 saturated carbocycles. The van der Waals surface area contributed by atoms with Gasteiger partial charge in [0.05, 0.1) is 5.56 Å². The molecule has 2 aliphatic heterocycles. The standard InChI is InChI=1S/C25H40N4O4S/c1-18-22(25(31)28-14-8-5-9-15-28)23(19(2)26-18)34(32,33)29-16-12-20(13-17-29)24(30)27(3)21-10-6-4-7-11-21/h20-21,26H,4-17H2,1-3H3. The third kappa shape index (κ3) is 4.91. The van der Waals surface area contributed by atoms with Gasteiger partial charge >= 0.3 is 0 Å². The molecule has 8 nitrogen and oxygen atoms in total. The maximum atomic E-state index is 13.7. The Morgan fingerprint density at radius 2 is 1.44 bits per heavy atom. The summed E-state index contributed by atoms with van der Waals surface area (Å²) in [5.74, 6) is -0.181. The fourth-order valence-corrected chi connectivity index (χ4v) is 7.89. The molecule has 0 aromatic carbocycles. The summed E-state index contributed by atoms with van der Waals surface area (Å²) in [5, 5.41) is 0. The van der Waals surface area contributed by atoms with Crippen LogP contribution in [0.2, 0.25) is 0 Å². The third-order valence-electron chi connectivity index (χ3n) is 8.05. The molecule has 0 unspecified atom stereocenters. The zero-order chi connectivity index (χ0) is 24.5. The van der Waals surface area contributed by atoms with Crippen LogP contribution < -0.4 is 0 Å². The van der Waals surface area contributed by atoms with E-state index in [0.29, 0.717) is 56.5 Å². The largest absolute Gasteiger partial charge is 0.361 e. The van der Waals surface area contributed by atoms with E-state index in [9.17, 15) is 18.0 Å². The number of nitrogens with zero attached hydrogens (tertiary/aromatic N) is 3. The Labute approximate surface area is 204 Å². The minimum Gasteiger partial charge on any atom is -0.361 e. The molecule has 0 radical (unpaired) electrons. The van der Waals surface area contributed by atoms with E-state index in [1.54, 1.807) is 18.7 Å². The number of aromatic nitrogens is 1. The highest BCUT2D eigenvalue weighted by Gasteiger charge is 2.39. The van der Waals surface area contributed by atoms with Gasteiger partial charge in [0.1, 0.15) is 4.90 Å². The fraction of sp³-hybridized carbons (Fsp3) is 0.760. The molecule has 4 rings (SSSR count). The molecule has 1 aliphatic carbocycles. The van der Waals surface area contributed by atoms with Crippen LogP contribution in [0.3, 0.4) is 0 Å². The lowest BCUT2D eigenvalue weighted by molar-refractivity contribution is -0.138. The van der Waals surface area contributed by atoms with Gasteiger partial charge in [0.25, 0.3) is 5.91 Å². The van der Waals surface area contributed by atoms with Gasteiger partial charge in [-0.15, -0.1) is 0 Å². The second kappa shape index (κ2) is 10.4. The SMILES string of the molecule is Cc1[nH]c(C)c(S(=O)(=O)N2CCC(C(=O)N(C)C3CCCCC3)CC2)c1C(=O)N1CCCCC1. The highest BCUT2D eigenvalue weighted by Crippen LogP contribution is 2.32. The summed E-state index contributed by atoms with van der Waals surface area (Å²) < 4.78 is 28.9. The Morgan fingerprint density at radius 3 is 2.06 bits per heavy atom. The predicted molar refractivity (Wildman–Crippen MR) is 131 cm³/mol. The van der Waals surface area contributed by atoms with Crippen LogP contribution in [-0.2, 0) is 14.8 Å². The number of likely N-dealkylation sites (tertiary alicyclic amines) is 1. The van der Waals surface area contributed by atoms with Gasteiger partial charge in [-0.3, -0.25) is 9.59 Å². The third-order valence-corrected chi connectivity index (χ3v) is 10.1. The number of aryl methyl sites for hydroxylation is 2. The van der Waals surface area contributed by atoms with Gasteiger partial charge in [-0.25, -0.2) is 8.42 Å². The molecule has 3 heterocycles. The minimum atomic E-state index is -3.85. The highest BCUT2D eigenvalue weighted by molar-refractivity contribution is 7.89. The van der Waals surface area contributed by atoms with E-state index >= 15 is 0 Å². The van der Waals surface area contributed by atoms with Crippen molar-refractivity contribution in [3.63, 3.8) is 0 Å². The van der Waals surface area contributed by atoms with Crippen molar-refractivity contribution in [2.24, 2.45) is 5.92 Å². The lowest BCUT2D eigenvalue weighted by Crippen LogP contribution is -2.46. The Kier molecular flexibility index (Phi) is 7.72. The maximum absolute atomic E-state index is 13.7. The topological polar surface area (TPSA) is 93.8 Å². The molecule has 1 aromatic heterocycles. The lowest BCUT2D eigenvalue weighted by Gasteiger charge is -2.36. The van der Waals surface area contributed by atoms with Crippen LogP contribution in [-0.4, -0.2) is 78.6 Å². The van der Waals surface area contributed by atoms with Crippen molar-refractivity contribution in [1.29, 1.82) is 0 Å². The summed E-state index contributed by atoms with van der Waals surface area (Å²) in [7, 11) is -1.94. The van der Waals surface area contributed by atoms with Gasteiger partial charge < -0.3 is 14.8 Å². The summed E-state index contributed by atoms with van der Waals surface area (Å²) in [6, 6.07) is 0.317. The van der Waals surface area contributed by atoms with Crippen molar-refractivity contribution in [3.05, 3.63) is 17.0 Å². The molecule has 0 atom stereocenters. The molecule has 0 bridgehead atoms. The summed E-state index contributed by atoms with van der Waals surface area (Å²) in [4.78, 5) is 33.3. The average Bonchev–Trinajstić information content (AvgIpc) is 3.17. The number of hydrogen-bond donors (Lipinski definition) is 1. The quantitative estimate of drug-likeness (QED) is 0.681. The maximum Gasteiger partial charge on any atom is 0.257 e. The zero-order valence-electron chi connectivity index (χ0n) is 20.9. The number of H-pyrrole nitrogens is 1. The van der Waals surface area contributed by atoms with E-state index in [4.69, 9.17) is 0 Å². The van der Waals surface area contributed by atoms with E-state index in [1.807, 2.05) is 11.9 Å². The van der Waals surface area contributed by atoms with Gasteiger partial charge in [-0.2, -0.15) is 4.31 Å². The smallest absolute Gasteiger partial charge is 0.257 e. The lowest BCUT2D eigenvalue weighted by atomic mass is 9.91. The molecule has 3 aliphatic rings. The number of aromatic amines is 1. The van der Waals surface area contributed by atoms with Gasteiger partial charge in [0, 0.05) is 56.6 Å². The second-order valence-corrected chi connectivity index (χ2v) is 12.2. The van der Waals surface area contributed by atoms with E-state index in [-0.39, 0.29) is 28.2 Å². The Balaban J connectivity index is 1.47. The summed E-state index contributed by atoms with van der Waals surface area (Å²) in [5.41, 5.74) is 1.40. The van der Waals surface area contributed by atoms with Crippen LogP contribution in [0.15, 0.2) is 4.90 Å². The van der Waals surface area contributed by atoms with Crippen LogP contribution in [0.5, 0.6) is 0 Å². The first kappa shape index (κ1) is 25.2. The van der Waals surface area contributed by atoms with E-state index in [1.165, 1.54) is 23.6 Å². The van der Waals surface area contributed by atoms with Gasteiger partial charge in [0.15, 0.2) is 0 Å². The number of carbonyl (C=O) groups excluding carboxylic acids is 2. The van der Waals surface area contributed by atoms with Crippen molar-refractivity contribution in [3.8, 4) is 0 Å². The minimum absolute atomic E-state index is 0.115. The van der Waals surface area contributed by atoms with Gasteiger partial charge in [-0.05, 0) is 58.8 Å². The van der Waals surface area contributed by atoms with E-state index in [2.05, 4.69) is 4.98 Å². The fourth-order valence-electron chi connectivity index (χ4n) is 6.00. The molecule has 190 valence electrons. The van der Waals surface area contributed by atoms with Crippen LogP contribution in [0.4, 0.5) is 0 Å². The second-order valence-electron chi connectivity index (χ2n) is 10.4. The molecule has 2 saturated heterocycles. The molecule has 34 heavy (non-hydrogen) atoms. The van der Waals surface area contributed by atoms with Crippen LogP contribution in [0.1, 0.15) is 86.0 Å². The average molecular weight is 493 g/mol. The van der Waals surface area contributed by atoms with E-state index < -0.39 is 10.0 Å². The molecular weight excluding hydrogens is 452 g/mol. The number of nitrogens with one attached hydrogen (secondary N) is 1. The molecule has 2 amide bonds. The van der Waals surface area contributed by atoms with Crippen LogP contribution in [0.25, 0.3) is 0 Å². The Bertz CT molecular complexity index is 998. The number of sulfonamides is 1. The molecule has 0 spiro atoms. The van der Waals surface area contributed by atoms with Crippen molar-refractivity contribution >= 4 is 21.8 Å². The van der Waals surface area contributed by atoms with Crippen molar-refractivity contribution < 1.29 is 18.0 Å². The van der Waals surface area contributed by atoms with Crippen molar-refractivity contribution in [2.75, 3.05) is 33.2 Å². The molecule has 9 heteroatoms. The number of piperidine rings is 2. The van der Waals surface area contributed by atoms with E-state index in [0.717, 1.165) is 32.1 Å². The molecule has 1 aromatic rings. The first-order valence-corrected chi connectivity index (χ1v) is 14.4. The van der Waals surface area contributed by atoms with Crippen LogP contribution >= 0.6 is 0 Å². The molecule has 1 N–H and O–H groups in total. The van der Waals surface area contributed by atoms with Gasteiger partial charge in [-0.1, -0.05) is 19.3 Å². The number of carbonyl (C=O) groups is 2. The monoisotopic (exact) mass is 492 g/mol. The molecular formula is C25H40N4O4S. The number of amides is 2. The predicted octanol–water partition coefficient (Wildman–Crippen LogP) is 3.45. The first-order chi connectivity index (χ1) is 16.2. The van der Waals surface area contributed by atoms with Crippen molar-refractivity contribution in [2.45, 2.75) is 89.0 Å². The number of rotatable bonds is 5.